The van der Waals surface area contributed by atoms with E-state index in [0.717, 1.165) is 46.9 Å². The molecule has 1 aliphatic heterocycles. The molecule has 1 aromatic heterocycles. The summed E-state index contributed by atoms with van der Waals surface area (Å²) in [4.78, 5) is 0.198. The highest BCUT2D eigenvalue weighted by Crippen LogP contribution is 2.33. The monoisotopic (exact) mass is 836 g/mol. The van der Waals surface area contributed by atoms with Crippen LogP contribution >= 0.6 is 0 Å². The molecule has 0 aliphatic carbocycles. The quantitative estimate of drug-likeness (QED) is 0.0675. The van der Waals surface area contributed by atoms with Crippen LogP contribution in [0.3, 0.4) is 0 Å². The second-order valence-electron chi connectivity index (χ2n) is 14.8. The summed E-state index contributed by atoms with van der Waals surface area (Å²) in [5, 5.41) is 0.800. The van der Waals surface area contributed by atoms with Crippen molar-refractivity contribution in [1.29, 1.82) is 0 Å². The number of ether oxygens (including phenoxy) is 6. The second kappa shape index (κ2) is 21.7. The van der Waals surface area contributed by atoms with Crippen LogP contribution in [-0.4, -0.2) is 69.5 Å². The molecule has 5 atom stereocenters. The van der Waals surface area contributed by atoms with E-state index >= 15 is 0 Å². The number of unbranched alkanes of at least 4 members (excludes halogenated alkanes) is 2. The third-order valence-electron chi connectivity index (χ3n) is 10.5. The van der Waals surface area contributed by atoms with Gasteiger partial charge in [-0.1, -0.05) is 109 Å². The molecule has 1 aliphatic rings. The Morgan fingerprint density at radius 3 is 1.87 bits per heavy atom. The number of nitrogens with two attached hydrogens (primary N) is 1. The maximum absolute atomic E-state index is 13.9. The van der Waals surface area contributed by atoms with Crippen LogP contribution in [0, 0.1) is 5.82 Å². The molecule has 0 spiro atoms. The summed E-state index contributed by atoms with van der Waals surface area (Å²) in [5.41, 5.74) is 9.80. The molecule has 0 saturated carbocycles. The van der Waals surface area contributed by atoms with Crippen LogP contribution in [0.25, 0.3) is 10.9 Å². The van der Waals surface area contributed by atoms with Gasteiger partial charge in [0.15, 0.2) is 6.29 Å². The Morgan fingerprint density at radius 2 is 1.20 bits per heavy atom. The van der Waals surface area contributed by atoms with E-state index in [4.69, 9.17) is 34.2 Å². The summed E-state index contributed by atoms with van der Waals surface area (Å²) < 4.78 is 82.8. The highest BCUT2D eigenvalue weighted by atomic mass is 32.2. The van der Waals surface area contributed by atoms with Crippen molar-refractivity contribution in [3.63, 3.8) is 0 Å². The number of benzene rings is 5. The van der Waals surface area contributed by atoms with Crippen molar-refractivity contribution in [2.24, 2.45) is 5.73 Å². The van der Waals surface area contributed by atoms with Crippen LogP contribution in [-0.2, 0) is 64.7 Å². The molecule has 2 N–H and O–H groups in total. The van der Waals surface area contributed by atoms with Gasteiger partial charge in [0.1, 0.15) is 30.2 Å². The zero-order valence-electron chi connectivity index (χ0n) is 33.6. The molecule has 1 fully saturated rings. The molecule has 5 aromatic carbocycles. The predicted molar refractivity (Wildman–Crippen MR) is 228 cm³/mol. The van der Waals surface area contributed by atoms with E-state index in [2.05, 4.69) is 0 Å². The molecule has 0 amide bonds. The van der Waals surface area contributed by atoms with Crippen LogP contribution in [0.15, 0.2) is 151 Å². The number of para-hydroxylation sites is 1. The molecule has 316 valence electrons. The maximum atomic E-state index is 13.9. The molecule has 0 bridgehead atoms. The van der Waals surface area contributed by atoms with Gasteiger partial charge < -0.3 is 34.2 Å². The lowest BCUT2D eigenvalue weighted by atomic mass is 9.97. The van der Waals surface area contributed by atoms with Crippen molar-refractivity contribution in [1.82, 2.24) is 3.97 Å². The average molecular weight is 837 g/mol. The number of hydrogen-bond donors (Lipinski definition) is 1. The van der Waals surface area contributed by atoms with E-state index in [1.54, 1.807) is 54.7 Å². The van der Waals surface area contributed by atoms with E-state index < -0.39 is 40.7 Å². The lowest BCUT2D eigenvalue weighted by molar-refractivity contribution is -0.328. The van der Waals surface area contributed by atoms with Crippen molar-refractivity contribution in [2.75, 3.05) is 26.4 Å². The molecule has 6 aromatic rings. The van der Waals surface area contributed by atoms with E-state index in [9.17, 15) is 12.8 Å². The van der Waals surface area contributed by atoms with E-state index in [1.807, 2.05) is 78.9 Å². The normalized spacial score (nSPS) is 19.5. The van der Waals surface area contributed by atoms with Crippen molar-refractivity contribution in [3.8, 4) is 0 Å². The van der Waals surface area contributed by atoms with E-state index in [0.29, 0.717) is 31.7 Å². The summed E-state index contributed by atoms with van der Waals surface area (Å²) in [6.07, 6.45) is 1.05. The predicted octanol–water partition coefficient (Wildman–Crippen LogP) is 8.20. The molecule has 7 rings (SSSR count). The third kappa shape index (κ3) is 11.3. The van der Waals surface area contributed by atoms with Gasteiger partial charge in [-0.2, -0.15) is 0 Å². The number of rotatable bonds is 22. The Bertz CT molecular complexity index is 2300. The van der Waals surface area contributed by atoms with Gasteiger partial charge in [-0.3, -0.25) is 0 Å². The molecule has 60 heavy (non-hydrogen) atoms. The molecule has 12 heteroatoms. The van der Waals surface area contributed by atoms with Crippen LogP contribution in [0.1, 0.15) is 41.5 Å². The highest BCUT2D eigenvalue weighted by Gasteiger charge is 2.49. The first-order chi connectivity index (χ1) is 29.4. The van der Waals surface area contributed by atoms with Gasteiger partial charge in [0.05, 0.1) is 43.4 Å². The van der Waals surface area contributed by atoms with E-state index in [-0.39, 0.29) is 37.1 Å². The number of hydrogen-bond acceptors (Lipinski definition) is 9. The number of halogens is 1. The highest BCUT2D eigenvalue weighted by molar-refractivity contribution is 7.90. The van der Waals surface area contributed by atoms with Crippen molar-refractivity contribution >= 4 is 20.9 Å². The summed E-state index contributed by atoms with van der Waals surface area (Å²) >= 11 is 0. The molecular formula is C48H53FN2O8S. The largest absolute Gasteiger partial charge is 0.379 e. The molecule has 0 unspecified atom stereocenters. The van der Waals surface area contributed by atoms with Crippen molar-refractivity contribution in [3.05, 3.63) is 174 Å². The van der Waals surface area contributed by atoms with Gasteiger partial charge >= 0.3 is 0 Å². The van der Waals surface area contributed by atoms with Gasteiger partial charge in [-0.05, 0) is 84.8 Å². The first kappa shape index (κ1) is 43.3. The van der Waals surface area contributed by atoms with Gasteiger partial charge in [0, 0.05) is 18.2 Å². The fourth-order valence-corrected chi connectivity index (χ4v) is 8.76. The Hall–Kier alpha value is -4.76. The summed E-state index contributed by atoms with van der Waals surface area (Å²) in [6, 6.07) is 41.7. The fraction of sp³-hybridized carbons (Fsp3) is 0.333. The van der Waals surface area contributed by atoms with Crippen LogP contribution in [0.5, 0.6) is 0 Å². The van der Waals surface area contributed by atoms with Crippen LogP contribution in [0.4, 0.5) is 4.39 Å². The molecule has 1 saturated heterocycles. The zero-order chi connectivity index (χ0) is 41.6. The Balaban J connectivity index is 1.18. The Labute approximate surface area is 352 Å². The lowest BCUT2D eigenvalue weighted by Gasteiger charge is -2.46. The molecule has 2 heterocycles. The molecule has 0 radical (unpaired) electrons. The Kier molecular flexibility index (Phi) is 15.6. The fourth-order valence-electron chi connectivity index (χ4n) is 7.35. The Morgan fingerprint density at radius 1 is 0.617 bits per heavy atom. The summed E-state index contributed by atoms with van der Waals surface area (Å²) in [7, 11) is -3.87. The topological polar surface area (TPSA) is 120 Å². The number of aromatic nitrogens is 1. The SMILES string of the molecule is NCCCCCOC[C@H]1O[C@@H](OCCc2cn(S(=O)(=O)c3ccccc3)c3ccccc23)[C@H](OCc2ccc(F)cc2)[C@@H](OCc2ccccc2)[C@@H]1OCc1ccccc1. The number of nitrogens with zero attached hydrogens (tertiary/aromatic N) is 1. The van der Waals surface area contributed by atoms with Gasteiger partial charge in [-0.15, -0.1) is 0 Å². The smallest absolute Gasteiger partial charge is 0.268 e. The lowest BCUT2D eigenvalue weighted by Crippen LogP contribution is -2.61. The van der Waals surface area contributed by atoms with Gasteiger partial charge in [-0.25, -0.2) is 16.8 Å². The van der Waals surface area contributed by atoms with Gasteiger partial charge in [0.25, 0.3) is 10.0 Å². The third-order valence-corrected chi connectivity index (χ3v) is 12.2. The number of fused-ring (bicyclic) bond motifs is 1. The van der Waals surface area contributed by atoms with Gasteiger partial charge in [0.2, 0.25) is 0 Å². The minimum Gasteiger partial charge on any atom is -0.379 e. The van der Waals surface area contributed by atoms with Crippen LogP contribution < -0.4 is 5.73 Å². The summed E-state index contributed by atoms with van der Waals surface area (Å²) in [6.45, 7) is 2.20. The van der Waals surface area contributed by atoms with Crippen LogP contribution in [0.2, 0.25) is 0 Å². The minimum absolute atomic E-state index is 0.123. The first-order valence-corrected chi connectivity index (χ1v) is 22.0. The summed E-state index contributed by atoms with van der Waals surface area (Å²) in [5.74, 6) is -0.344. The molecule has 10 nitrogen and oxygen atoms in total. The maximum Gasteiger partial charge on any atom is 0.268 e. The zero-order valence-corrected chi connectivity index (χ0v) is 34.4. The first-order valence-electron chi connectivity index (χ1n) is 20.5. The average Bonchev–Trinajstić information content (AvgIpc) is 3.67. The minimum atomic E-state index is -3.87. The standard InChI is InChI=1S/C48H53FN2O8S/c49-40-25-23-38(24-26-40)34-58-47-46(57-33-37-17-7-2-8-18-37)45(56-32-36-15-5-1-6-16-36)44(35-54-29-14-4-13-28-50)59-48(47)55-30-27-39-31-51(43-22-12-11-21-42(39)43)60(52,53)41-19-9-3-10-20-41/h1-3,5-12,15-26,31,44-48H,4,13-14,27-30,32-35,50H2/t44-,45-,46+,47-,48-/m1/s1. The second-order valence-corrected chi connectivity index (χ2v) is 16.6. The van der Waals surface area contributed by atoms with E-state index in [1.165, 1.54) is 16.1 Å². The van der Waals surface area contributed by atoms with Crippen molar-refractivity contribution in [2.45, 2.75) is 81.1 Å². The van der Waals surface area contributed by atoms with Crippen molar-refractivity contribution < 1.29 is 41.2 Å². The molecular weight excluding hydrogens is 784 g/mol.